The SMILES string of the molecule is CC[C@H](O)c1ccc(Oc2ccc(Cl)c(C)c2)cc1. The first-order valence-electron chi connectivity index (χ1n) is 6.32. The minimum atomic E-state index is -0.410. The van der Waals surface area contributed by atoms with Crippen molar-refractivity contribution in [1.29, 1.82) is 0 Å². The van der Waals surface area contributed by atoms with Crippen LogP contribution in [0.5, 0.6) is 11.5 Å². The van der Waals surface area contributed by atoms with Gasteiger partial charge < -0.3 is 9.84 Å². The highest BCUT2D eigenvalue weighted by Gasteiger charge is 2.05. The smallest absolute Gasteiger partial charge is 0.127 e. The molecule has 100 valence electrons. The molecule has 2 nitrogen and oxygen atoms in total. The van der Waals surface area contributed by atoms with Gasteiger partial charge >= 0.3 is 0 Å². The van der Waals surface area contributed by atoms with Gasteiger partial charge in [0, 0.05) is 5.02 Å². The number of ether oxygens (including phenoxy) is 1. The standard InChI is InChI=1S/C16H17ClO2/c1-3-16(18)12-4-6-13(7-5-12)19-14-8-9-15(17)11(2)10-14/h4-10,16,18H,3H2,1-2H3/t16-/m0/s1. The monoisotopic (exact) mass is 276 g/mol. The summed E-state index contributed by atoms with van der Waals surface area (Å²) in [5.41, 5.74) is 1.89. The van der Waals surface area contributed by atoms with E-state index in [0.717, 1.165) is 27.6 Å². The van der Waals surface area contributed by atoms with E-state index in [1.165, 1.54) is 0 Å². The van der Waals surface area contributed by atoms with Gasteiger partial charge in [0.1, 0.15) is 11.5 Å². The average molecular weight is 277 g/mol. The van der Waals surface area contributed by atoms with Crippen LogP contribution < -0.4 is 4.74 Å². The van der Waals surface area contributed by atoms with Gasteiger partial charge in [-0.15, -0.1) is 0 Å². The van der Waals surface area contributed by atoms with Gasteiger partial charge in [0.05, 0.1) is 6.10 Å². The Balaban J connectivity index is 2.12. The van der Waals surface area contributed by atoms with Crippen LogP contribution in [-0.2, 0) is 0 Å². The lowest BCUT2D eigenvalue weighted by Gasteiger charge is -2.10. The summed E-state index contributed by atoms with van der Waals surface area (Å²) in [6.07, 6.45) is 0.295. The van der Waals surface area contributed by atoms with Crippen LogP contribution >= 0.6 is 11.6 Å². The third kappa shape index (κ3) is 3.49. The lowest BCUT2D eigenvalue weighted by atomic mass is 10.1. The quantitative estimate of drug-likeness (QED) is 0.862. The first kappa shape index (κ1) is 13.9. The molecule has 2 aromatic carbocycles. The molecule has 2 rings (SSSR count). The van der Waals surface area contributed by atoms with Crippen molar-refractivity contribution < 1.29 is 9.84 Å². The molecule has 0 fully saturated rings. The van der Waals surface area contributed by atoms with E-state index in [2.05, 4.69) is 0 Å². The molecule has 0 saturated heterocycles. The Morgan fingerprint density at radius 2 is 1.74 bits per heavy atom. The first-order valence-corrected chi connectivity index (χ1v) is 6.70. The number of hydrogen-bond donors (Lipinski definition) is 1. The second-order valence-corrected chi connectivity index (χ2v) is 4.91. The van der Waals surface area contributed by atoms with Crippen LogP contribution in [0.1, 0.15) is 30.6 Å². The van der Waals surface area contributed by atoms with Gasteiger partial charge in [0.25, 0.3) is 0 Å². The van der Waals surface area contributed by atoms with Gasteiger partial charge in [0.2, 0.25) is 0 Å². The first-order chi connectivity index (χ1) is 9.10. The fourth-order valence-corrected chi connectivity index (χ4v) is 1.93. The van der Waals surface area contributed by atoms with Crippen LogP contribution in [0.25, 0.3) is 0 Å². The number of aliphatic hydroxyl groups excluding tert-OH is 1. The molecule has 0 aliphatic carbocycles. The van der Waals surface area contributed by atoms with Gasteiger partial charge in [-0.05, 0) is 54.8 Å². The van der Waals surface area contributed by atoms with Crippen molar-refractivity contribution >= 4 is 11.6 Å². The fourth-order valence-electron chi connectivity index (χ4n) is 1.81. The average Bonchev–Trinajstić information content (AvgIpc) is 2.43. The molecular weight excluding hydrogens is 260 g/mol. The Morgan fingerprint density at radius 3 is 2.32 bits per heavy atom. The minimum absolute atomic E-state index is 0.410. The van der Waals surface area contributed by atoms with E-state index in [9.17, 15) is 5.11 Å². The molecule has 1 atom stereocenters. The van der Waals surface area contributed by atoms with Gasteiger partial charge in [-0.1, -0.05) is 30.7 Å². The van der Waals surface area contributed by atoms with Gasteiger partial charge in [-0.25, -0.2) is 0 Å². The zero-order chi connectivity index (χ0) is 13.8. The van der Waals surface area contributed by atoms with Crippen molar-refractivity contribution in [2.45, 2.75) is 26.4 Å². The predicted octanol–water partition coefficient (Wildman–Crippen LogP) is 4.88. The molecule has 0 aliphatic rings. The number of hydrogen-bond acceptors (Lipinski definition) is 2. The van der Waals surface area contributed by atoms with Crippen LogP contribution in [-0.4, -0.2) is 5.11 Å². The molecule has 0 unspecified atom stereocenters. The molecule has 0 amide bonds. The van der Waals surface area contributed by atoms with Crippen molar-refractivity contribution in [2.24, 2.45) is 0 Å². The number of benzene rings is 2. The Labute approximate surface area is 118 Å². The van der Waals surface area contributed by atoms with Crippen molar-refractivity contribution in [1.82, 2.24) is 0 Å². The van der Waals surface area contributed by atoms with Gasteiger partial charge in [-0.3, -0.25) is 0 Å². The van der Waals surface area contributed by atoms with Crippen LogP contribution in [0.15, 0.2) is 42.5 Å². The Bertz CT molecular complexity index is 549. The van der Waals surface area contributed by atoms with Crippen LogP contribution in [0.4, 0.5) is 0 Å². The number of rotatable bonds is 4. The summed E-state index contributed by atoms with van der Waals surface area (Å²) in [6, 6.07) is 13.0. The highest BCUT2D eigenvalue weighted by atomic mass is 35.5. The topological polar surface area (TPSA) is 29.5 Å². The maximum Gasteiger partial charge on any atom is 0.127 e. The summed E-state index contributed by atoms with van der Waals surface area (Å²) in [6.45, 7) is 3.89. The molecule has 0 aromatic heterocycles. The van der Waals surface area contributed by atoms with Crippen LogP contribution in [0, 0.1) is 6.92 Å². The second-order valence-electron chi connectivity index (χ2n) is 4.51. The van der Waals surface area contributed by atoms with Crippen molar-refractivity contribution in [3.63, 3.8) is 0 Å². The summed E-state index contributed by atoms with van der Waals surface area (Å²) in [4.78, 5) is 0. The van der Waals surface area contributed by atoms with Gasteiger partial charge in [-0.2, -0.15) is 0 Å². The summed E-state index contributed by atoms with van der Waals surface area (Å²) in [5, 5.41) is 10.5. The molecule has 0 saturated carbocycles. The van der Waals surface area contributed by atoms with E-state index in [1.54, 1.807) is 0 Å². The molecule has 0 spiro atoms. The summed E-state index contributed by atoms with van der Waals surface area (Å²) in [7, 11) is 0. The number of aliphatic hydroxyl groups is 1. The van der Waals surface area contributed by atoms with E-state index >= 15 is 0 Å². The van der Waals surface area contributed by atoms with Crippen LogP contribution in [0.2, 0.25) is 5.02 Å². The van der Waals surface area contributed by atoms with E-state index in [4.69, 9.17) is 16.3 Å². The fraction of sp³-hybridized carbons (Fsp3) is 0.250. The normalized spacial score (nSPS) is 12.2. The molecule has 3 heteroatoms. The Hall–Kier alpha value is -1.51. The maximum atomic E-state index is 9.72. The molecule has 1 N–H and O–H groups in total. The molecule has 19 heavy (non-hydrogen) atoms. The predicted molar refractivity (Wildman–Crippen MR) is 78.0 cm³/mol. The van der Waals surface area contributed by atoms with E-state index in [1.807, 2.05) is 56.3 Å². The van der Waals surface area contributed by atoms with Crippen molar-refractivity contribution in [3.8, 4) is 11.5 Å². The lowest BCUT2D eigenvalue weighted by Crippen LogP contribution is -1.94. The second kappa shape index (κ2) is 6.09. The molecule has 0 radical (unpaired) electrons. The Kier molecular flexibility index (Phi) is 4.46. The molecular formula is C16H17ClO2. The largest absolute Gasteiger partial charge is 0.457 e. The van der Waals surface area contributed by atoms with E-state index in [-0.39, 0.29) is 0 Å². The third-order valence-electron chi connectivity index (χ3n) is 3.02. The molecule has 0 aliphatic heterocycles. The van der Waals surface area contributed by atoms with Crippen LogP contribution in [0.3, 0.4) is 0 Å². The molecule has 0 bridgehead atoms. The highest BCUT2D eigenvalue weighted by Crippen LogP contribution is 2.27. The zero-order valence-corrected chi connectivity index (χ0v) is 11.8. The minimum Gasteiger partial charge on any atom is -0.457 e. The van der Waals surface area contributed by atoms with E-state index in [0.29, 0.717) is 6.42 Å². The maximum absolute atomic E-state index is 9.72. The van der Waals surface area contributed by atoms with Crippen molar-refractivity contribution in [3.05, 3.63) is 58.6 Å². The number of aryl methyl sites for hydroxylation is 1. The van der Waals surface area contributed by atoms with E-state index < -0.39 is 6.10 Å². The molecule has 0 heterocycles. The third-order valence-corrected chi connectivity index (χ3v) is 3.44. The Morgan fingerprint density at radius 1 is 1.11 bits per heavy atom. The van der Waals surface area contributed by atoms with Gasteiger partial charge in [0.15, 0.2) is 0 Å². The lowest BCUT2D eigenvalue weighted by molar-refractivity contribution is 0.173. The molecule has 2 aromatic rings. The highest BCUT2D eigenvalue weighted by molar-refractivity contribution is 6.31. The zero-order valence-electron chi connectivity index (χ0n) is 11.1. The summed E-state index contributed by atoms with van der Waals surface area (Å²) >= 11 is 5.97. The number of halogens is 1. The van der Waals surface area contributed by atoms with Crippen molar-refractivity contribution in [2.75, 3.05) is 0 Å². The summed E-state index contributed by atoms with van der Waals surface area (Å²) in [5.74, 6) is 1.50. The summed E-state index contributed by atoms with van der Waals surface area (Å²) < 4.78 is 5.74.